The Kier molecular flexibility index (Phi) is 2.93. The average Bonchev–Trinajstić information content (AvgIpc) is 2.64. The molecule has 0 aliphatic rings. The summed E-state index contributed by atoms with van der Waals surface area (Å²) in [5.74, 6) is -0.798. The number of hydrogen-bond donors (Lipinski definition) is 0. The lowest BCUT2D eigenvalue weighted by atomic mass is 10.2. The first-order chi connectivity index (χ1) is 8.02. The van der Waals surface area contributed by atoms with Crippen molar-refractivity contribution in [3.05, 3.63) is 40.4 Å². The molecule has 0 bridgehead atoms. The van der Waals surface area contributed by atoms with E-state index in [0.717, 1.165) is 0 Å². The molecule has 88 valence electrons. The van der Waals surface area contributed by atoms with Gasteiger partial charge in [0.1, 0.15) is 5.69 Å². The summed E-state index contributed by atoms with van der Waals surface area (Å²) in [4.78, 5) is 11.2. The van der Waals surface area contributed by atoms with Gasteiger partial charge in [-0.2, -0.15) is 0 Å². The number of Topliss-reactive ketones (excluding diaryl/α,β-unsaturated/α-hetero) is 1. The van der Waals surface area contributed by atoms with Gasteiger partial charge in [-0.15, -0.1) is 5.10 Å². The van der Waals surface area contributed by atoms with Crippen molar-refractivity contribution in [3.8, 4) is 5.69 Å². The van der Waals surface area contributed by atoms with E-state index >= 15 is 0 Å². The molecule has 6 heteroatoms. The van der Waals surface area contributed by atoms with E-state index < -0.39 is 5.82 Å². The summed E-state index contributed by atoms with van der Waals surface area (Å²) >= 11 is 5.68. The molecule has 4 nitrogen and oxygen atoms in total. The van der Waals surface area contributed by atoms with Crippen LogP contribution in [-0.2, 0) is 0 Å². The Bertz CT molecular complexity index is 594. The Morgan fingerprint density at radius 3 is 2.76 bits per heavy atom. The van der Waals surface area contributed by atoms with E-state index in [4.69, 9.17) is 11.6 Å². The summed E-state index contributed by atoms with van der Waals surface area (Å²) in [6, 6.07) is 4.57. The minimum absolute atomic E-state index is 0.00164. The molecule has 0 atom stereocenters. The molecule has 1 aromatic carbocycles. The van der Waals surface area contributed by atoms with Gasteiger partial charge in [0.15, 0.2) is 17.3 Å². The Hall–Kier alpha value is -1.75. The van der Waals surface area contributed by atoms with Crippen molar-refractivity contribution in [2.24, 2.45) is 0 Å². The van der Waals surface area contributed by atoms with Crippen molar-refractivity contribution in [1.29, 1.82) is 0 Å². The number of carbonyl (C=O) groups is 1. The fourth-order valence-corrected chi connectivity index (χ4v) is 1.71. The number of halogens is 2. The maximum Gasteiger partial charge on any atom is 0.181 e. The lowest BCUT2D eigenvalue weighted by Gasteiger charge is -2.05. The van der Waals surface area contributed by atoms with Crippen LogP contribution in [-0.4, -0.2) is 20.8 Å². The Balaban J connectivity index is 2.62. The van der Waals surface area contributed by atoms with Gasteiger partial charge in [0.2, 0.25) is 0 Å². The van der Waals surface area contributed by atoms with Crippen LogP contribution in [0.25, 0.3) is 5.69 Å². The molecule has 0 aliphatic heterocycles. The van der Waals surface area contributed by atoms with Gasteiger partial charge in [0.05, 0.1) is 10.7 Å². The van der Waals surface area contributed by atoms with E-state index in [2.05, 4.69) is 10.3 Å². The van der Waals surface area contributed by atoms with Gasteiger partial charge in [-0.25, -0.2) is 9.07 Å². The van der Waals surface area contributed by atoms with E-state index in [9.17, 15) is 9.18 Å². The van der Waals surface area contributed by atoms with E-state index in [0.29, 0.717) is 5.69 Å². The highest BCUT2D eigenvalue weighted by molar-refractivity contribution is 6.30. The van der Waals surface area contributed by atoms with Crippen molar-refractivity contribution < 1.29 is 9.18 Å². The topological polar surface area (TPSA) is 47.8 Å². The Morgan fingerprint density at radius 1 is 1.47 bits per heavy atom. The van der Waals surface area contributed by atoms with Crippen LogP contribution < -0.4 is 0 Å². The number of hydrogen-bond acceptors (Lipinski definition) is 3. The van der Waals surface area contributed by atoms with Gasteiger partial charge < -0.3 is 0 Å². The van der Waals surface area contributed by atoms with Gasteiger partial charge in [-0.05, 0) is 19.1 Å². The van der Waals surface area contributed by atoms with E-state index in [-0.39, 0.29) is 22.2 Å². The third-order valence-corrected chi connectivity index (χ3v) is 2.68. The van der Waals surface area contributed by atoms with E-state index in [1.54, 1.807) is 13.0 Å². The molecule has 2 aromatic rings. The predicted molar refractivity (Wildman–Crippen MR) is 61.1 cm³/mol. The molecule has 0 aliphatic carbocycles. The molecule has 0 N–H and O–H groups in total. The second-order valence-electron chi connectivity index (χ2n) is 3.56. The Morgan fingerprint density at radius 2 is 2.18 bits per heavy atom. The van der Waals surface area contributed by atoms with Crippen LogP contribution in [0.4, 0.5) is 4.39 Å². The SMILES string of the molecule is CC(=O)c1nnn(-c2cccc(Cl)c2F)c1C. The van der Waals surface area contributed by atoms with Crippen LogP contribution in [0.1, 0.15) is 23.1 Å². The number of carbonyl (C=O) groups excluding carboxylic acids is 1. The fourth-order valence-electron chi connectivity index (χ4n) is 1.54. The number of benzene rings is 1. The highest BCUT2D eigenvalue weighted by Gasteiger charge is 2.16. The van der Waals surface area contributed by atoms with Crippen molar-refractivity contribution in [3.63, 3.8) is 0 Å². The van der Waals surface area contributed by atoms with Crippen LogP contribution >= 0.6 is 11.6 Å². The third kappa shape index (κ3) is 1.93. The van der Waals surface area contributed by atoms with Crippen LogP contribution in [0, 0.1) is 12.7 Å². The smallest absolute Gasteiger partial charge is 0.181 e. The molecule has 0 saturated carbocycles. The Labute approximate surface area is 102 Å². The lowest BCUT2D eigenvalue weighted by Crippen LogP contribution is -2.03. The van der Waals surface area contributed by atoms with Crippen molar-refractivity contribution in [1.82, 2.24) is 15.0 Å². The first kappa shape index (κ1) is 11.7. The minimum atomic E-state index is -0.586. The molecule has 0 fully saturated rings. The summed E-state index contributed by atoms with van der Waals surface area (Å²) < 4.78 is 15.0. The number of nitrogens with zero attached hydrogens (tertiary/aromatic N) is 3. The van der Waals surface area contributed by atoms with Crippen LogP contribution in [0.3, 0.4) is 0 Å². The number of aromatic nitrogens is 3. The largest absolute Gasteiger partial charge is 0.293 e. The molecular formula is C11H9ClFN3O. The van der Waals surface area contributed by atoms with Crippen molar-refractivity contribution >= 4 is 17.4 Å². The third-order valence-electron chi connectivity index (χ3n) is 2.39. The highest BCUT2D eigenvalue weighted by Crippen LogP contribution is 2.22. The van der Waals surface area contributed by atoms with Crippen LogP contribution in [0.15, 0.2) is 18.2 Å². The average molecular weight is 254 g/mol. The summed E-state index contributed by atoms with van der Waals surface area (Å²) in [7, 11) is 0. The summed E-state index contributed by atoms with van der Waals surface area (Å²) in [5.41, 5.74) is 0.887. The van der Waals surface area contributed by atoms with Crippen LogP contribution in [0.5, 0.6) is 0 Å². The second-order valence-corrected chi connectivity index (χ2v) is 3.97. The van der Waals surface area contributed by atoms with Gasteiger partial charge in [-0.1, -0.05) is 22.9 Å². The molecule has 0 saturated heterocycles. The molecule has 17 heavy (non-hydrogen) atoms. The normalized spacial score (nSPS) is 10.6. The second kappa shape index (κ2) is 4.25. The van der Waals surface area contributed by atoms with Gasteiger partial charge in [0.25, 0.3) is 0 Å². The number of rotatable bonds is 2. The van der Waals surface area contributed by atoms with E-state index in [1.807, 2.05) is 0 Å². The minimum Gasteiger partial charge on any atom is -0.293 e. The molecule has 1 aromatic heterocycles. The number of ketones is 1. The first-order valence-corrected chi connectivity index (χ1v) is 5.27. The first-order valence-electron chi connectivity index (χ1n) is 4.90. The molecular weight excluding hydrogens is 245 g/mol. The standard InChI is InChI=1S/C11H9ClFN3O/c1-6-11(7(2)17)14-15-16(6)9-5-3-4-8(12)10(9)13/h3-5H,1-2H3. The molecule has 0 spiro atoms. The molecule has 0 radical (unpaired) electrons. The molecule has 0 unspecified atom stereocenters. The van der Waals surface area contributed by atoms with Crippen molar-refractivity contribution in [2.45, 2.75) is 13.8 Å². The zero-order valence-electron chi connectivity index (χ0n) is 9.24. The fraction of sp³-hybridized carbons (Fsp3) is 0.182. The quantitative estimate of drug-likeness (QED) is 0.773. The van der Waals surface area contributed by atoms with Gasteiger partial charge >= 0.3 is 0 Å². The maximum atomic E-state index is 13.8. The maximum absolute atomic E-state index is 13.8. The van der Waals surface area contributed by atoms with Gasteiger partial charge in [-0.3, -0.25) is 4.79 Å². The van der Waals surface area contributed by atoms with Crippen LogP contribution in [0.2, 0.25) is 5.02 Å². The molecule has 2 rings (SSSR count). The summed E-state index contributed by atoms with van der Waals surface area (Å²) in [5, 5.41) is 7.47. The van der Waals surface area contributed by atoms with Gasteiger partial charge in [0, 0.05) is 6.92 Å². The monoisotopic (exact) mass is 253 g/mol. The predicted octanol–water partition coefficient (Wildman–Crippen LogP) is 2.57. The highest BCUT2D eigenvalue weighted by atomic mass is 35.5. The summed E-state index contributed by atoms with van der Waals surface area (Å²) in [6.07, 6.45) is 0. The zero-order chi connectivity index (χ0) is 12.6. The zero-order valence-corrected chi connectivity index (χ0v) is 9.99. The van der Waals surface area contributed by atoms with Crippen molar-refractivity contribution in [2.75, 3.05) is 0 Å². The molecule has 1 heterocycles. The summed E-state index contributed by atoms with van der Waals surface area (Å²) in [6.45, 7) is 3.03. The lowest BCUT2D eigenvalue weighted by molar-refractivity contribution is 0.101. The molecule has 0 amide bonds. The van der Waals surface area contributed by atoms with E-state index in [1.165, 1.54) is 23.7 Å².